The van der Waals surface area contributed by atoms with Crippen molar-refractivity contribution >= 4 is 110 Å². The molecule has 0 aromatic heterocycles. The number of aliphatic carboxylic acids is 1. The first kappa shape index (κ1) is 15.3. The molecule has 2 bridgehead atoms. The van der Waals surface area contributed by atoms with E-state index in [-0.39, 0.29) is 0 Å². The summed E-state index contributed by atoms with van der Waals surface area (Å²) < 4.78 is -1.95. The number of rotatable bonds is 1. The first-order chi connectivity index (χ1) is 9.19. The second-order valence-corrected chi connectivity index (χ2v) is 11.5. The van der Waals surface area contributed by atoms with E-state index in [4.69, 9.17) is 104 Å². The Labute approximate surface area is 163 Å². The molecule has 0 aromatic carbocycles. The van der Waals surface area contributed by atoms with Gasteiger partial charge in [-0.15, -0.1) is 81.2 Å². The molecule has 6 aliphatic carbocycles. The van der Waals surface area contributed by atoms with Gasteiger partial charge in [0.25, 0.3) is 0 Å². The van der Waals surface area contributed by atoms with Crippen LogP contribution in [-0.2, 0) is 4.79 Å². The fourth-order valence-corrected chi connectivity index (χ4v) is 14.3. The molecule has 0 spiro atoms. The van der Waals surface area contributed by atoms with Crippen molar-refractivity contribution < 1.29 is 9.90 Å². The van der Waals surface area contributed by atoms with Crippen molar-refractivity contribution in [3.63, 3.8) is 0 Å². The Bertz CT molecular complexity index is 689. The van der Waals surface area contributed by atoms with E-state index in [1.807, 2.05) is 0 Å². The van der Waals surface area contributed by atoms with E-state index >= 15 is 0 Å². The van der Waals surface area contributed by atoms with E-state index in [2.05, 4.69) is 0 Å². The number of carboxylic acid groups (broad SMARTS) is 1. The van der Waals surface area contributed by atoms with Crippen LogP contribution in [0.2, 0.25) is 0 Å². The minimum Gasteiger partial charge on any atom is -0.481 e. The Morgan fingerprint density at radius 2 is 0.857 bits per heavy atom. The lowest BCUT2D eigenvalue weighted by atomic mass is 9.10. The summed E-state index contributed by atoms with van der Waals surface area (Å²) in [6.07, 6.45) is 0. The molecule has 6 aliphatic rings. The van der Waals surface area contributed by atoms with Crippen LogP contribution in [0.25, 0.3) is 0 Å². The van der Waals surface area contributed by atoms with Gasteiger partial charge >= 0.3 is 5.97 Å². The Hall–Kier alpha value is 2.08. The van der Waals surface area contributed by atoms with Crippen LogP contribution in [0.15, 0.2) is 0 Å². The van der Waals surface area contributed by atoms with Gasteiger partial charge in [0.15, 0.2) is 4.33 Å². The van der Waals surface area contributed by atoms with Crippen LogP contribution < -0.4 is 0 Å². The number of alkyl halides is 9. The largest absolute Gasteiger partial charge is 0.481 e. The highest BCUT2D eigenvalue weighted by molar-refractivity contribution is 6.79. The molecule has 0 heterocycles. The lowest BCUT2D eigenvalue weighted by Gasteiger charge is -3.04. The van der Waals surface area contributed by atoms with Crippen molar-refractivity contribution in [3.8, 4) is 0 Å². The lowest BCUT2D eigenvalue weighted by molar-refractivity contribution is -0.331. The fourth-order valence-electron chi connectivity index (χ4n) is 6.17. The van der Waals surface area contributed by atoms with E-state index in [0.29, 0.717) is 0 Å². The summed E-state index contributed by atoms with van der Waals surface area (Å²) in [5, 5.41) is 9.72. The third kappa shape index (κ3) is 0.569. The highest BCUT2D eigenvalue weighted by atomic mass is 35.5. The molecule has 21 heavy (non-hydrogen) atoms. The second-order valence-electron chi connectivity index (χ2n) is 6.24. The Balaban J connectivity index is 2.01. The summed E-state index contributed by atoms with van der Waals surface area (Å²) >= 11 is 58.7. The van der Waals surface area contributed by atoms with Gasteiger partial charge < -0.3 is 5.11 Å². The normalized spacial score (nSPS) is 80.0. The van der Waals surface area contributed by atoms with E-state index in [1.54, 1.807) is 0 Å². The number of hydrogen-bond acceptors (Lipinski definition) is 1. The molecule has 116 valence electrons. The van der Waals surface area contributed by atoms with E-state index < -0.39 is 49.8 Å². The minimum absolute atomic E-state index is 1.35. The van der Waals surface area contributed by atoms with Crippen LogP contribution in [0.5, 0.6) is 0 Å². The van der Waals surface area contributed by atoms with Gasteiger partial charge in [-0.1, -0.05) is 23.2 Å². The van der Waals surface area contributed by atoms with E-state index in [1.165, 1.54) is 0 Å². The zero-order chi connectivity index (χ0) is 16.1. The molecule has 8 atom stereocenters. The third-order valence-electron chi connectivity index (χ3n) is 6.53. The van der Waals surface area contributed by atoms with Crippen molar-refractivity contribution in [2.24, 2.45) is 5.41 Å². The van der Waals surface area contributed by atoms with Gasteiger partial charge in [-0.2, -0.15) is 0 Å². The molecule has 6 rings (SSSR count). The average molecular weight is 472 g/mol. The maximum absolute atomic E-state index is 11.9. The van der Waals surface area contributed by atoms with Gasteiger partial charge in [0.2, 0.25) is 0 Å². The quantitative estimate of drug-likeness (QED) is 0.583. The maximum Gasteiger partial charge on any atom is 0.315 e. The predicted octanol–water partition coefficient (Wildman–Crippen LogP) is 4.14. The Morgan fingerprint density at radius 1 is 0.571 bits per heavy atom. The third-order valence-corrected chi connectivity index (χ3v) is 14.8. The van der Waals surface area contributed by atoms with Crippen molar-refractivity contribution in [1.29, 1.82) is 0 Å². The maximum atomic E-state index is 11.9. The van der Waals surface area contributed by atoms with Crippen LogP contribution in [0.4, 0.5) is 0 Å². The smallest absolute Gasteiger partial charge is 0.315 e. The molecule has 0 amide bonds. The Morgan fingerprint density at radius 3 is 1.19 bits per heavy atom. The highest BCUT2D eigenvalue weighted by Gasteiger charge is 3.37. The minimum atomic E-state index is -1.95. The molecule has 0 radical (unpaired) electrons. The molecular formula is C10HCl9O2. The molecule has 1 N–H and O–H groups in total. The number of halogens is 9. The SMILES string of the molecule is O=C(O)C12C3(Cl)[C@]4(Cl)C5(Cl)C(Cl)(Cl)C(Cl)([C@@]14Cl)[C@]2(Cl)[C@]53Cl. The first-order valence-corrected chi connectivity index (χ1v) is 9.03. The predicted molar refractivity (Wildman–Crippen MR) is 84.6 cm³/mol. The molecule has 4 unspecified atom stereocenters. The van der Waals surface area contributed by atoms with Gasteiger partial charge in [0, 0.05) is 0 Å². The summed E-state index contributed by atoms with van der Waals surface area (Å²) in [7, 11) is 0. The van der Waals surface area contributed by atoms with Crippen molar-refractivity contribution in [2.45, 2.75) is 38.5 Å². The van der Waals surface area contributed by atoms with Gasteiger partial charge in [0.1, 0.15) is 39.5 Å². The number of carbonyl (C=O) groups is 1. The second kappa shape index (κ2) is 2.81. The van der Waals surface area contributed by atoms with Crippen molar-refractivity contribution in [3.05, 3.63) is 0 Å². The lowest BCUT2D eigenvalue weighted by Crippen LogP contribution is -3.26. The van der Waals surface area contributed by atoms with Crippen molar-refractivity contribution in [1.82, 2.24) is 0 Å². The van der Waals surface area contributed by atoms with Gasteiger partial charge in [0.05, 0.1) is 0 Å². The van der Waals surface area contributed by atoms with Gasteiger partial charge in [-0.3, -0.25) is 4.79 Å². The molecular weight excluding hydrogens is 471 g/mol. The van der Waals surface area contributed by atoms with Gasteiger partial charge in [-0.05, 0) is 0 Å². The summed E-state index contributed by atoms with van der Waals surface area (Å²) in [6.45, 7) is 0. The van der Waals surface area contributed by atoms with Crippen molar-refractivity contribution in [2.75, 3.05) is 0 Å². The van der Waals surface area contributed by atoms with Crippen LogP contribution in [0, 0.1) is 5.41 Å². The monoisotopic (exact) mass is 468 g/mol. The molecule has 6 saturated carbocycles. The number of carboxylic acids is 1. The summed E-state index contributed by atoms with van der Waals surface area (Å²) in [6, 6.07) is 0. The van der Waals surface area contributed by atoms with E-state index in [9.17, 15) is 9.90 Å². The molecule has 0 aliphatic heterocycles. The molecule has 2 nitrogen and oxygen atoms in total. The number of hydrogen-bond donors (Lipinski definition) is 1. The van der Waals surface area contributed by atoms with Crippen LogP contribution in [0.3, 0.4) is 0 Å². The molecule has 11 heteroatoms. The van der Waals surface area contributed by atoms with E-state index in [0.717, 1.165) is 0 Å². The molecule has 6 fully saturated rings. The van der Waals surface area contributed by atoms with Crippen LogP contribution in [0.1, 0.15) is 0 Å². The summed E-state index contributed by atoms with van der Waals surface area (Å²) in [5.74, 6) is -1.35. The molecule has 0 saturated heterocycles. The molecule has 0 aromatic rings. The zero-order valence-electron chi connectivity index (χ0n) is 9.26. The van der Waals surface area contributed by atoms with Gasteiger partial charge in [-0.25, -0.2) is 0 Å². The summed E-state index contributed by atoms with van der Waals surface area (Å²) in [5.41, 5.74) is -1.85. The fraction of sp³-hybridized carbons (Fsp3) is 0.900. The first-order valence-electron chi connectivity index (χ1n) is 5.63. The Kier molecular flexibility index (Phi) is 2.05. The average Bonchev–Trinajstić information content (AvgIpc) is 2.44. The highest BCUT2D eigenvalue weighted by Crippen LogP contribution is 3.18. The standard InChI is InChI=1S/C10HCl9O2/c11-3-2(1(20)21)4(12)6(3,14)9(17)7(3,15)5(2,13)8(4,16)10(9,18)19/h(H,20,21)/t2?,3?,4-,5-,6-,7+,8?,9?/m1/s1. The summed E-state index contributed by atoms with van der Waals surface area (Å²) in [4.78, 5) is -0.356. The van der Waals surface area contributed by atoms with Crippen LogP contribution >= 0.6 is 104 Å². The topological polar surface area (TPSA) is 37.3 Å². The van der Waals surface area contributed by atoms with Crippen LogP contribution in [-0.4, -0.2) is 49.5 Å². The zero-order valence-corrected chi connectivity index (χ0v) is 16.1.